The van der Waals surface area contributed by atoms with Crippen LogP contribution in [0.15, 0.2) is 0 Å². The van der Waals surface area contributed by atoms with Gasteiger partial charge in [0.15, 0.2) is 0 Å². The Balaban J connectivity index is 1.69. The van der Waals surface area contributed by atoms with Crippen molar-refractivity contribution < 1.29 is 4.79 Å². The van der Waals surface area contributed by atoms with E-state index in [9.17, 15) is 4.79 Å². The average Bonchev–Trinajstić information content (AvgIpc) is 2.21. The molecule has 4 rings (SSSR count). The van der Waals surface area contributed by atoms with E-state index in [0.29, 0.717) is 9.74 Å². The summed E-state index contributed by atoms with van der Waals surface area (Å²) < 4.78 is 0.377. The number of carbonyl (C=O) groups excluding carboxylic acids is 1. The van der Waals surface area contributed by atoms with Gasteiger partial charge in [0.1, 0.15) is 0 Å². The molecule has 2 nitrogen and oxygen atoms in total. The van der Waals surface area contributed by atoms with Crippen LogP contribution in [-0.4, -0.2) is 16.8 Å². The van der Waals surface area contributed by atoms with E-state index in [2.05, 4.69) is 28.2 Å². The summed E-state index contributed by atoms with van der Waals surface area (Å²) in [5.74, 6) is 2.05. The van der Waals surface area contributed by atoms with Crippen molar-refractivity contribution in [1.82, 2.24) is 5.32 Å². The molecule has 4 bridgehead atoms. The van der Waals surface area contributed by atoms with E-state index in [-0.39, 0.29) is 5.91 Å². The second kappa shape index (κ2) is 4.50. The molecule has 0 aromatic heterocycles. The number of nitrogens with one attached hydrogen (secondary N) is 1. The molecule has 0 heterocycles. The fourth-order valence-electron chi connectivity index (χ4n) is 5.21. The normalized spacial score (nSPS) is 45.2. The van der Waals surface area contributed by atoms with Crippen molar-refractivity contribution in [3.8, 4) is 0 Å². The van der Waals surface area contributed by atoms with Gasteiger partial charge in [-0.2, -0.15) is 0 Å². The van der Waals surface area contributed by atoms with Crippen LogP contribution in [0.3, 0.4) is 0 Å². The van der Waals surface area contributed by atoms with Crippen LogP contribution in [0.25, 0.3) is 0 Å². The highest BCUT2D eigenvalue weighted by atomic mass is 79.9. The zero-order valence-electron chi connectivity index (χ0n) is 11.3. The highest BCUT2D eigenvalue weighted by Gasteiger charge is 2.57. The first-order chi connectivity index (χ1) is 8.53. The zero-order chi connectivity index (χ0) is 12.8. The highest BCUT2D eigenvalue weighted by Crippen LogP contribution is 2.65. The molecule has 4 aliphatic rings. The van der Waals surface area contributed by atoms with E-state index in [1.807, 2.05) is 0 Å². The minimum absolute atomic E-state index is 0.287. The largest absolute Gasteiger partial charge is 0.356 e. The fourth-order valence-corrected chi connectivity index (χ4v) is 6.72. The highest BCUT2D eigenvalue weighted by molar-refractivity contribution is 9.10. The van der Waals surface area contributed by atoms with E-state index in [0.717, 1.165) is 31.2 Å². The van der Waals surface area contributed by atoms with E-state index in [4.69, 9.17) is 0 Å². The van der Waals surface area contributed by atoms with Gasteiger partial charge in [0, 0.05) is 17.3 Å². The van der Waals surface area contributed by atoms with Crippen molar-refractivity contribution in [3.63, 3.8) is 0 Å². The van der Waals surface area contributed by atoms with Crippen molar-refractivity contribution in [2.24, 2.45) is 17.3 Å². The van der Waals surface area contributed by atoms with Gasteiger partial charge in [-0.25, -0.2) is 0 Å². The molecule has 0 aromatic carbocycles. The summed E-state index contributed by atoms with van der Waals surface area (Å²) in [7, 11) is 0. The van der Waals surface area contributed by atoms with Gasteiger partial charge in [0.2, 0.25) is 5.91 Å². The van der Waals surface area contributed by atoms with Crippen molar-refractivity contribution in [1.29, 1.82) is 0 Å². The minimum Gasteiger partial charge on any atom is -0.356 e. The summed E-state index contributed by atoms with van der Waals surface area (Å²) in [6, 6.07) is 0. The summed E-state index contributed by atoms with van der Waals surface area (Å²) in [6.45, 7) is 2.94. The smallest absolute Gasteiger partial charge is 0.220 e. The van der Waals surface area contributed by atoms with Crippen LogP contribution in [0.5, 0.6) is 0 Å². The number of rotatable bonds is 4. The molecule has 0 aromatic rings. The molecule has 4 aliphatic carbocycles. The molecule has 1 amide bonds. The van der Waals surface area contributed by atoms with Gasteiger partial charge in [-0.3, -0.25) is 4.79 Å². The molecule has 0 aliphatic heterocycles. The Morgan fingerprint density at radius 2 is 1.94 bits per heavy atom. The van der Waals surface area contributed by atoms with Crippen LogP contribution in [0, 0.1) is 17.3 Å². The Labute approximate surface area is 118 Å². The SMILES string of the molecule is CCCNC(=O)CC12CC3CC(CC(Br)(C3)C1)C2. The van der Waals surface area contributed by atoms with Crippen LogP contribution in [0.2, 0.25) is 0 Å². The van der Waals surface area contributed by atoms with Gasteiger partial charge in [-0.05, 0) is 62.2 Å². The minimum atomic E-state index is 0.287. The number of halogens is 1. The first-order valence-corrected chi connectivity index (χ1v) is 8.27. The molecular formula is C15H24BrNO. The van der Waals surface area contributed by atoms with Gasteiger partial charge in [0.05, 0.1) is 0 Å². The molecule has 4 fully saturated rings. The Morgan fingerprint density at radius 3 is 2.50 bits per heavy atom. The van der Waals surface area contributed by atoms with Gasteiger partial charge in [0.25, 0.3) is 0 Å². The van der Waals surface area contributed by atoms with E-state index in [1.165, 1.54) is 38.5 Å². The maximum atomic E-state index is 12.1. The number of carbonyl (C=O) groups is 1. The first kappa shape index (κ1) is 13.0. The van der Waals surface area contributed by atoms with Gasteiger partial charge in [-0.1, -0.05) is 22.9 Å². The van der Waals surface area contributed by atoms with E-state index < -0.39 is 0 Å². The second-order valence-electron chi connectivity index (χ2n) is 7.14. The standard InChI is InChI=1S/C15H24BrNO/c1-2-3-17-13(18)9-14-5-11-4-12(6-14)8-15(16,7-11)10-14/h11-12H,2-10H2,1H3,(H,17,18). The number of hydrogen-bond acceptors (Lipinski definition) is 1. The van der Waals surface area contributed by atoms with Crippen LogP contribution < -0.4 is 5.32 Å². The molecule has 1 N–H and O–H groups in total. The molecule has 0 radical (unpaired) electrons. The molecule has 3 heteroatoms. The number of hydrogen-bond donors (Lipinski definition) is 1. The Hall–Kier alpha value is -0.0500. The fraction of sp³-hybridized carbons (Fsp3) is 0.933. The van der Waals surface area contributed by atoms with Crippen molar-refractivity contribution >= 4 is 21.8 Å². The lowest BCUT2D eigenvalue weighted by atomic mass is 9.48. The summed E-state index contributed by atoms with van der Waals surface area (Å²) in [5, 5.41) is 3.07. The van der Waals surface area contributed by atoms with Gasteiger partial charge >= 0.3 is 0 Å². The molecule has 2 atom stereocenters. The first-order valence-electron chi connectivity index (χ1n) is 7.48. The lowest BCUT2D eigenvalue weighted by molar-refractivity contribution is -0.128. The van der Waals surface area contributed by atoms with Crippen molar-refractivity contribution in [2.45, 2.75) is 62.6 Å². The van der Waals surface area contributed by atoms with Crippen LogP contribution in [0.1, 0.15) is 58.3 Å². The van der Waals surface area contributed by atoms with Crippen molar-refractivity contribution in [2.75, 3.05) is 6.54 Å². The molecule has 102 valence electrons. The molecular weight excluding hydrogens is 290 g/mol. The third kappa shape index (κ3) is 2.35. The summed E-state index contributed by atoms with van der Waals surface area (Å²) in [6.07, 6.45) is 9.76. The Bertz CT molecular complexity index is 340. The average molecular weight is 314 g/mol. The third-order valence-electron chi connectivity index (χ3n) is 5.22. The van der Waals surface area contributed by atoms with Gasteiger partial charge in [-0.15, -0.1) is 0 Å². The van der Waals surface area contributed by atoms with Crippen LogP contribution >= 0.6 is 15.9 Å². The van der Waals surface area contributed by atoms with Crippen molar-refractivity contribution in [3.05, 3.63) is 0 Å². The second-order valence-corrected chi connectivity index (χ2v) is 8.82. The monoisotopic (exact) mass is 313 g/mol. The lowest BCUT2D eigenvalue weighted by Crippen LogP contribution is -2.54. The number of alkyl halides is 1. The van der Waals surface area contributed by atoms with E-state index >= 15 is 0 Å². The van der Waals surface area contributed by atoms with Gasteiger partial charge < -0.3 is 5.32 Å². The quantitative estimate of drug-likeness (QED) is 0.789. The molecule has 4 saturated carbocycles. The molecule has 18 heavy (non-hydrogen) atoms. The Kier molecular flexibility index (Phi) is 3.24. The predicted molar refractivity (Wildman–Crippen MR) is 76.7 cm³/mol. The lowest BCUT2D eigenvalue weighted by Gasteiger charge is -2.60. The zero-order valence-corrected chi connectivity index (χ0v) is 12.9. The summed E-state index contributed by atoms with van der Waals surface area (Å²) in [5.41, 5.74) is 0.325. The molecule has 2 unspecified atom stereocenters. The topological polar surface area (TPSA) is 29.1 Å². The summed E-state index contributed by atoms with van der Waals surface area (Å²) >= 11 is 4.00. The van der Waals surface area contributed by atoms with Crippen LogP contribution in [-0.2, 0) is 4.79 Å². The molecule has 0 saturated heterocycles. The van der Waals surface area contributed by atoms with E-state index in [1.54, 1.807) is 0 Å². The third-order valence-corrected chi connectivity index (χ3v) is 6.15. The predicted octanol–water partition coefficient (Wildman–Crippen LogP) is 3.64. The van der Waals surface area contributed by atoms with Crippen LogP contribution in [0.4, 0.5) is 0 Å². The maximum Gasteiger partial charge on any atom is 0.220 e. The molecule has 0 spiro atoms. The maximum absolute atomic E-state index is 12.1. The summed E-state index contributed by atoms with van der Waals surface area (Å²) in [4.78, 5) is 12.1. The number of amides is 1. The Morgan fingerprint density at radius 1 is 1.28 bits per heavy atom.